The van der Waals surface area contributed by atoms with Gasteiger partial charge in [-0.1, -0.05) is 19.1 Å². The van der Waals surface area contributed by atoms with Gasteiger partial charge in [-0.2, -0.15) is 0 Å². The lowest BCUT2D eigenvalue weighted by molar-refractivity contribution is -0.120. The molecule has 0 aliphatic heterocycles. The molecule has 5 heteroatoms. The van der Waals surface area contributed by atoms with Gasteiger partial charge in [-0.15, -0.1) is 0 Å². The second-order valence-electron chi connectivity index (χ2n) is 4.09. The first-order chi connectivity index (χ1) is 8.54. The summed E-state index contributed by atoms with van der Waals surface area (Å²) < 4.78 is 0. The summed E-state index contributed by atoms with van der Waals surface area (Å²) in [7, 11) is 0. The highest BCUT2D eigenvalue weighted by Gasteiger charge is 2.16. The van der Waals surface area contributed by atoms with Gasteiger partial charge in [0, 0.05) is 12.6 Å². The highest BCUT2D eigenvalue weighted by molar-refractivity contribution is 5.88. The lowest BCUT2D eigenvalue weighted by atomic mass is 10.1. The van der Waals surface area contributed by atoms with Gasteiger partial charge in [-0.25, -0.2) is 0 Å². The van der Waals surface area contributed by atoms with E-state index in [1.807, 2.05) is 6.92 Å². The number of primary amides is 1. The van der Waals surface area contributed by atoms with E-state index in [0.29, 0.717) is 5.69 Å². The summed E-state index contributed by atoms with van der Waals surface area (Å²) in [6.45, 7) is 4.19. The molecule has 0 aliphatic carbocycles. The van der Waals surface area contributed by atoms with Gasteiger partial charge >= 0.3 is 0 Å². The number of rotatable bonds is 6. The van der Waals surface area contributed by atoms with E-state index in [9.17, 15) is 9.59 Å². The summed E-state index contributed by atoms with van der Waals surface area (Å²) in [6.07, 6.45) is 0.924. The van der Waals surface area contributed by atoms with Gasteiger partial charge in [-0.05, 0) is 30.7 Å². The number of benzene rings is 1. The average Bonchev–Trinajstić information content (AvgIpc) is 2.30. The number of anilines is 1. The number of hydrogen-bond donors (Lipinski definition) is 3. The van der Waals surface area contributed by atoms with Gasteiger partial charge in [0.1, 0.15) is 6.04 Å². The summed E-state index contributed by atoms with van der Waals surface area (Å²) in [5.74, 6) is -0.533. The normalized spacial score (nSPS) is 11.9. The van der Waals surface area contributed by atoms with Gasteiger partial charge in [0.15, 0.2) is 0 Å². The molecule has 0 aliphatic rings. The molecule has 0 bridgehead atoms. The summed E-state index contributed by atoms with van der Waals surface area (Å²) in [4.78, 5) is 22.2. The average molecular weight is 249 g/mol. The quantitative estimate of drug-likeness (QED) is 0.707. The smallest absolute Gasteiger partial charge is 0.239 e. The summed E-state index contributed by atoms with van der Waals surface area (Å²) in [5.41, 5.74) is 6.85. The number of nitrogens with two attached hydrogens (primary N) is 1. The van der Waals surface area contributed by atoms with E-state index in [1.54, 1.807) is 24.3 Å². The van der Waals surface area contributed by atoms with Crippen LogP contribution in [0, 0.1) is 0 Å². The van der Waals surface area contributed by atoms with Crippen molar-refractivity contribution in [3.8, 4) is 0 Å². The van der Waals surface area contributed by atoms with Crippen molar-refractivity contribution in [3.05, 3.63) is 29.8 Å². The molecular weight excluding hydrogens is 230 g/mol. The molecule has 98 valence electrons. The maximum absolute atomic E-state index is 11.4. The highest BCUT2D eigenvalue weighted by Crippen LogP contribution is 2.16. The predicted molar refractivity (Wildman–Crippen MR) is 71.0 cm³/mol. The number of carbonyl (C=O) groups excluding carboxylic acids is 2. The first kappa shape index (κ1) is 14.2. The molecule has 0 fully saturated rings. The summed E-state index contributed by atoms with van der Waals surface area (Å²) in [5, 5.41) is 5.75. The Morgan fingerprint density at radius 3 is 2.33 bits per heavy atom. The molecule has 0 heterocycles. The minimum atomic E-state index is -0.490. The van der Waals surface area contributed by atoms with Crippen LogP contribution in [0.25, 0.3) is 0 Å². The third-order valence-corrected chi connectivity index (χ3v) is 2.45. The monoisotopic (exact) mass is 249 g/mol. The van der Waals surface area contributed by atoms with E-state index in [0.717, 1.165) is 18.5 Å². The minimum Gasteiger partial charge on any atom is -0.368 e. The zero-order valence-corrected chi connectivity index (χ0v) is 10.7. The van der Waals surface area contributed by atoms with Gasteiger partial charge < -0.3 is 16.4 Å². The van der Waals surface area contributed by atoms with Crippen LogP contribution in [0.3, 0.4) is 0 Å². The van der Waals surface area contributed by atoms with Crippen LogP contribution in [-0.2, 0) is 9.59 Å². The fourth-order valence-electron chi connectivity index (χ4n) is 1.63. The Labute approximate surface area is 107 Å². The number of hydrogen-bond acceptors (Lipinski definition) is 3. The van der Waals surface area contributed by atoms with Crippen molar-refractivity contribution < 1.29 is 9.59 Å². The maximum Gasteiger partial charge on any atom is 0.239 e. The molecular formula is C13H19N3O2. The van der Waals surface area contributed by atoms with E-state index in [2.05, 4.69) is 10.6 Å². The molecule has 0 aromatic heterocycles. The molecule has 1 unspecified atom stereocenters. The molecule has 2 amide bonds. The third-order valence-electron chi connectivity index (χ3n) is 2.45. The highest BCUT2D eigenvalue weighted by atomic mass is 16.1. The number of amides is 2. The van der Waals surface area contributed by atoms with Crippen LogP contribution in [-0.4, -0.2) is 18.4 Å². The van der Waals surface area contributed by atoms with Gasteiger partial charge in [0.05, 0.1) is 0 Å². The molecule has 0 radical (unpaired) electrons. The second kappa shape index (κ2) is 6.76. The Kier molecular flexibility index (Phi) is 5.32. The molecule has 4 N–H and O–H groups in total. The van der Waals surface area contributed by atoms with Crippen molar-refractivity contribution in [2.45, 2.75) is 26.3 Å². The van der Waals surface area contributed by atoms with Crippen LogP contribution in [0.5, 0.6) is 0 Å². The number of nitrogens with one attached hydrogen (secondary N) is 2. The molecule has 0 spiro atoms. The van der Waals surface area contributed by atoms with E-state index in [-0.39, 0.29) is 5.91 Å². The van der Waals surface area contributed by atoms with Gasteiger partial charge in [0.2, 0.25) is 11.8 Å². The Morgan fingerprint density at radius 2 is 1.89 bits per heavy atom. The van der Waals surface area contributed by atoms with E-state index in [1.165, 1.54) is 6.92 Å². The Morgan fingerprint density at radius 1 is 1.28 bits per heavy atom. The van der Waals surface area contributed by atoms with Crippen molar-refractivity contribution in [3.63, 3.8) is 0 Å². The number of carbonyl (C=O) groups is 2. The molecule has 0 saturated heterocycles. The largest absolute Gasteiger partial charge is 0.368 e. The maximum atomic E-state index is 11.4. The molecule has 5 nitrogen and oxygen atoms in total. The Hall–Kier alpha value is -1.88. The topological polar surface area (TPSA) is 84.2 Å². The third kappa shape index (κ3) is 4.18. The van der Waals surface area contributed by atoms with Crippen LogP contribution in [0.4, 0.5) is 5.69 Å². The summed E-state index contributed by atoms with van der Waals surface area (Å²) >= 11 is 0. The van der Waals surface area contributed by atoms with Crippen LogP contribution >= 0.6 is 0 Å². The Bertz CT molecular complexity index is 415. The standard InChI is InChI=1S/C13H19N3O2/c1-3-8-15-12(13(14)18)10-4-6-11(7-5-10)16-9(2)17/h4-7,12,15H,3,8H2,1-2H3,(H2,14,18)(H,16,17). The van der Waals surface area contributed by atoms with Crippen LogP contribution < -0.4 is 16.4 Å². The van der Waals surface area contributed by atoms with Crippen molar-refractivity contribution in [1.82, 2.24) is 5.32 Å². The second-order valence-corrected chi connectivity index (χ2v) is 4.09. The van der Waals surface area contributed by atoms with Gasteiger partial charge in [0.25, 0.3) is 0 Å². The van der Waals surface area contributed by atoms with Crippen LogP contribution in [0.15, 0.2) is 24.3 Å². The molecule has 1 aromatic rings. The first-order valence-electron chi connectivity index (χ1n) is 5.94. The molecule has 18 heavy (non-hydrogen) atoms. The van der Waals surface area contributed by atoms with E-state index in [4.69, 9.17) is 5.73 Å². The zero-order chi connectivity index (χ0) is 13.5. The fraction of sp³-hybridized carbons (Fsp3) is 0.385. The van der Waals surface area contributed by atoms with Gasteiger partial charge in [-0.3, -0.25) is 9.59 Å². The predicted octanol–water partition coefficient (Wildman–Crippen LogP) is 1.17. The molecule has 1 atom stereocenters. The lowest BCUT2D eigenvalue weighted by Gasteiger charge is -2.15. The SMILES string of the molecule is CCCNC(C(N)=O)c1ccc(NC(C)=O)cc1. The summed E-state index contributed by atoms with van der Waals surface area (Å²) in [6, 6.07) is 6.57. The Balaban J connectivity index is 2.79. The minimum absolute atomic E-state index is 0.127. The first-order valence-corrected chi connectivity index (χ1v) is 5.94. The van der Waals surface area contributed by atoms with Crippen LogP contribution in [0.2, 0.25) is 0 Å². The molecule has 1 aromatic carbocycles. The van der Waals surface area contributed by atoms with Crippen molar-refractivity contribution in [1.29, 1.82) is 0 Å². The van der Waals surface area contributed by atoms with E-state index >= 15 is 0 Å². The van der Waals surface area contributed by atoms with Crippen molar-refractivity contribution in [2.75, 3.05) is 11.9 Å². The zero-order valence-electron chi connectivity index (χ0n) is 10.7. The van der Waals surface area contributed by atoms with Crippen molar-refractivity contribution >= 4 is 17.5 Å². The molecule has 0 saturated carbocycles. The van der Waals surface area contributed by atoms with E-state index < -0.39 is 11.9 Å². The van der Waals surface area contributed by atoms with Crippen molar-refractivity contribution in [2.24, 2.45) is 5.73 Å². The fourth-order valence-corrected chi connectivity index (χ4v) is 1.63. The lowest BCUT2D eigenvalue weighted by Crippen LogP contribution is -2.34. The van der Waals surface area contributed by atoms with Crippen LogP contribution in [0.1, 0.15) is 31.9 Å². The molecule has 1 rings (SSSR count).